The van der Waals surface area contributed by atoms with Crippen molar-refractivity contribution in [2.75, 3.05) is 0 Å². The Morgan fingerprint density at radius 1 is 1.62 bits per heavy atom. The van der Waals surface area contributed by atoms with Gasteiger partial charge in [0.2, 0.25) is 0 Å². The summed E-state index contributed by atoms with van der Waals surface area (Å²) in [5.74, 6) is -0.993. The van der Waals surface area contributed by atoms with Crippen molar-refractivity contribution >= 4 is 17.5 Å². The molecule has 5 heteroatoms. The monoisotopic (exact) mass is 244 g/mol. The van der Waals surface area contributed by atoms with E-state index in [1.54, 1.807) is 0 Å². The van der Waals surface area contributed by atoms with Crippen molar-refractivity contribution in [3.05, 3.63) is 28.8 Å². The summed E-state index contributed by atoms with van der Waals surface area (Å²) in [6.45, 7) is 5.71. The summed E-state index contributed by atoms with van der Waals surface area (Å²) in [6.07, 6.45) is 1.74. The Hall–Kier alpha value is -1.16. The number of nitrogens with zero attached hydrogens (tertiary/aromatic N) is 1. The summed E-state index contributed by atoms with van der Waals surface area (Å²) in [7, 11) is 0. The van der Waals surface area contributed by atoms with Crippen molar-refractivity contribution < 1.29 is 9.18 Å². The first-order valence-corrected chi connectivity index (χ1v) is 5.37. The van der Waals surface area contributed by atoms with Gasteiger partial charge in [-0.05, 0) is 26.3 Å². The first-order chi connectivity index (χ1) is 7.35. The Morgan fingerprint density at radius 3 is 2.81 bits per heavy atom. The van der Waals surface area contributed by atoms with Crippen LogP contribution >= 0.6 is 11.6 Å². The van der Waals surface area contributed by atoms with Gasteiger partial charge in [-0.2, -0.15) is 0 Å². The van der Waals surface area contributed by atoms with Gasteiger partial charge in [0, 0.05) is 5.54 Å². The molecule has 3 nitrogen and oxygen atoms in total. The summed E-state index contributed by atoms with van der Waals surface area (Å²) in [4.78, 5) is 15.4. The third-order valence-electron chi connectivity index (χ3n) is 2.39. The number of hydrogen-bond donors (Lipinski definition) is 1. The number of pyridine rings is 1. The lowest BCUT2D eigenvalue weighted by Crippen LogP contribution is -2.42. The topological polar surface area (TPSA) is 42.0 Å². The molecular formula is C11H14ClFN2O. The van der Waals surface area contributed by atoms with E-state index in [0.29, 0.717) is 0 Å². The third kappa shape index (κ3) is 3.17. The van der Waals surface area contributed by atoms with Gasteiger partial charge < -0.3 is 5.32 Å². The predicted octanol–water partition coefficient (Wildman–Crippen LogP) is 2.79. The zero-order valence-corrected chi connectivity index (χ0v) is 10.2. The highest BCUT2D eigenvalue weighted by atomic mass is 35.5. The molecule has 1 heterocycles. The Kier molecular flexibility index (Phi) is 3.86. The van der Waals surface area contributed by atoms with Crippen LogP contribution in [0, 0.1) is 5.82 Å². The minimum atomic E-state index is -0.580. The van der Waals surface area contributed by atoms with Crippen molar-refractivity contribution in [2.45, 2.75) is 32.7 Å². The second-order valence-electron chi connectivity index (χ2n) is 4.18. The predicted molar refractivity (Wildman–Crippen MR) is 61.0 cm³/mol. The van der Waals surface area contributed by atoms with Crippen LogP contribution in [0.5, 0.6) is 0 Å². The molecule has 0 aromatic carbocycles. The number of halogens is 2. The lowest BCUT2D eigenvalue weighted by Gasteiger charge is -2.24. The zero-order valence-electron chi connectivity index (χ0n) is 9.47. The van der Waals surface area contributed by atoms with Crippen molar-refractivity contribution in [1.29, 1.82) is 0 Å². The van der Waals surface area contributed by atoms with Crippen LogP contribution in [0.4, 0.5) is 4.39 Å². The summed E-state index contributed by atoms with van der Waals surface area (Å²) in [6, 6.07) is 1.08. The van der Waals surface area contributed by atoms with E-state index in [4.69, 9.17) is 11.6 Å². The molecule has 0 saturated heterocycles. The SMILES string of the molecule is CCC(C)(C)NC(=O)c1cc(F)cnc1Cl. The Labute approximate surface area is 99.0 Å². The highest BCUT2D eigenvalue weighted by molar-refractivity contribution is 6.32. The number of carbonyl (C=O) groups excluding carboxylic acids is 1. The van der Waals surface area contributed by atoms with Gasteiger partial charge in [0.15, 0.2) is 0 Å². The smallest absolute Gasteiger partial charge is 0.254 e. The number of carbonyl (C=O) groups is 1. The minimum absolute atomic E-state index is 0.00537. The van der Waals surface area contributed by atoms with E-state index in [-0.39, 0.29) is 16.3 Å². The van der Waals surface area contributed by atoms with Crippen molar-refractivity contribution in [2.24, 2.45) is 0 Å². The molecule has 0 bridgehead atoms. The summed E-state index contributed by atoms with van der Waals surface area (Å²) >= 11 is 5.72. The van der Waals surface area contributed by atoms with Gasteiger partial charge in [-0.15, -0.1) is 0 Å². The fourth-order valence-corrected chi connectivity index (χ4v) is 1.23. The van der Waals surface area contributed by atoms with Crippen molar-refractivity contribution in [3.8, 4) is 0 Å². The summed E-state index contributed by atoms with van der Waals surface area (Å²) in [5.41, 5.74) is -0.296. The van der Waals surface area contributed by atoms with E-state index >= 15 is 0 Å². The van der Waals surface area contributed by atoms with E-state index in [1.165, 1.54) is 0 Å². The van der Waals surface area contributed by atoms with Crippen molar-refractivity contribution in [3.63, 3.8) is 0 Å². The molecule has 0 atom stereocenters. The molecule has 0 aliphatic rings. The number of nitrogens with one attached hydrogen (secondary N) is 1. The molecule has 16 heavy (non-hydrogen) atoms. The van der Waals surface area contributed by atoms with Gasteiger partial charge in [-0.3, -0.25) is 4.79 Å². The lowest BCUT2D eigenvalue weighted by molar-refractivity contribution is 0.0910. The quantitative estimate of drug-likeness (QED) is 0.831. The largest absolute Gasteiger partial charge is 0.347 e. The van der Waals surface area contributed by atoms with Crippen LogP contribution in [0.1, 0.15) is 37.6 Å². The van der Waals surface area contributed by atoms with Crippen LogP contribution in [0.3, 0.4) is 0 Å². The zero-order chi connectivity index (χ0) is 12.3. The van der Waals surface area contributed by atoms with Crippen LogP contribution in [0.15, 0.2) is 12.3 Å². The Balaban J connectivity index is 2.93. The first-order valence-electron chi connectivity index (χ1n) is 4.99. The van der Waals surface area contributed by atoms with Gasteiger partial charge in [0.1, 0.15) is 11.0 Å². The average molecular weight is 245 g/mol. The molecule has 1 N–H and O–H groups in total. The Bertz CT molecular complexity index is 407. The molecule has 0 radical (unpaired) electrons. The maximum absolute atomic E-state index is 12.9. The van der Waals surface area contributed by atoms with Gasteiger partial charge in [-0.1, -0.05) is 18.5 Å². The molecule has 1 aromatic heterocycles. The molecular weight excluding hydrogens is 231 g/mol. The van der Waals surface area contributed by atoms with E-state index in [9.17, 15) is 9.18 Å². The van der Waals surface area contributed by atoms with Gasteiger partial charge in [0.05, 0.1) is 11.8 Å². The maximum Gasteiger partial charge on any atom is 0.254 e. The number of aromatic nitrogens is 1. The molecule has 0 aliphatic carbocycles. The van der Waals surface area contributed by atoms with Crippen LogP contribution < -0.4 is 5.32 Å². The van der Waals surface area contributed by atoms with E-state index in [2.05, 4.69) is 10.3 Å². The van der Waals surface area contributed by atoms with Crippen LogP contribution in [0.25, 0.3) is 0 Å². The summed E-state index contributed by atoms with van der Waals surface area (Å²) in [5, 5.41) is 2.77. The third-order valence-corrected chi connectivity index (χ3v) is 2.69. The van der Waals surface area contributed by atoms with Crippen LogP contribution in [-0.2, 0) is 0 Å². The highest BCUT2D eigenvalue weighted by Crippen LogP contribution is 2.16. The molecule has 1 rings (SSSR count). The molecule has 1 aromatic rings. The first kappa shape index (κ1) is 12.9. The van der Waals surface area contributed by atoms with E-state index in [1.807, 2.05) is 20.8 Å². The second-order valence-corrected chi connectivity index (χ2v) is 4.54. The highest BCUT2D eigenvalue weighted by Gasteiger charge is 2.21. The standard InChI is InChI=1S/C11H14ClFN2O/c1-4-11(2,3)15-10(16)8-5-7(13)6-14-9(8)12/h5-6H,4H2,1-3H3,(H,15,16). The van der Waals surface area contributed by atoms with E-state index < -0.39 is 11.7 Å². The molecule has 0 spiro atoms. The fourth-order valence-electron chi connectivity index (χ4n) is 1.04. The molecule has 88 valence electrons. The van der Waals surface area contributed by atoms with Gasteiger partial charge in [0.25, 0.3) is 5.91 Å². The Morgan fingerprint density at radius 2 is 2.25 bits per heavy atom. The van der Waals surface area contributed by atoms with Crippen LogP contribution in [-0.4, -0.2) is 16.4 Å². The lowest BCUT2D eigenvalue weighted by atomic mass is 10.0. The fraction of sp³-hybridized carbons (Fsp3) is 0.455. The normalized spacial score (nSPS) is 11.3. The van der Waals surface area contributed by atoms with Crippen molar-refractivity contribution in [1.82, 2.24) is 10.3 Å². The maximum atomic E-state index is 12.9. The number of amides is 1. The average Bonchev–Trinajstić information content (AvgIpc) is 2.21. The molecule has 0 aliphatic heterocycles. The number of hydrogen-bond acceptors (Lipinski definition) is 2. The van der Waals surface area contributed by atoms with E-state index in [0.717, 1.165) is 18.7 Å². The molecule has 0 saturated carbocycles. The summed E-state index contributed by atoms with van der Waals surface area (Å²) < 4.78 is 12.9. The molecule has 0 fully saturated rings. The second kappa shape index (κ2) is 4.78. The van der Waals surface area contributed by atoms with Crippen LogP contribution in [0.2, 0.25) is 5.15 Å². The number of rotatable bonds is 3. The molecule has 1 amide bonds. The minimum Gasteiger partial charge on any atom is -0.347 e. The van der Waals surface area contributed by atoms with Gasteiger partial charge >= 0.3 is 0 Å². The van der Waals surface area contributed by atoms with Gasteiger partial charge in [-0.25, -0.2) is 9.37 Å². The molecule has 0 unspecified atom stereocenters.